The molecule has 11 nitrogen and oxygen atoms in total. The van der Waals surface area contributed by atoms with E-state index in [0.717, 1.165) is 16.8 Å². The molecule has 0 saturated carbocycles. The number of hydrogen-bond acceptors (Lipinski definition) is 10. The van der Waals surface area contributed by atoms with Crippen molar-refractivity contribution in [3.05, 3.63) is 18.3 Å². The Balaban J connectivity index is 1.91. The minimum absolute atomic E-state index is 0.169. The van der Waals surface area contributed by atoms with E-state index >= 15 is 0 Å². The molecule has 1 aliphatic rings. The lowest BCUT2D eigenvalue weighted by Crippen LogP contribution is -2.56. The fourth-order valence-electron chi connectivity index (χ4n) is 2.59. The van der Waals surface area contributed by atoms with E-state index in [1.165, 1.54) is 6.20 Å². The Kier molecular flexibility index (Phi) is 4.49. The molecule has 1 aliphatic heterocycles. The van der Waals surface area contributed by atoms with Gasteiger partial charge in [-0.3, -0.25) is 0 Å². The Bertz CT molecular complexity index is 741. The molecule has 2 aromatic rings. The number of ether oxygens (including phenoxy) is 1. The van der Waals surface area contributed by atoms with Crippen LogP contribution in [0.4, 0.5) is 0 Å². The minimum atomic E-state index is -1.56. The van der Waals surface area contributed by atoms with E-state index in [-0.39, 0.29) is 11.3 Å². The third kappa shape index (κ3) is 2.99. The van der Waals surface area contributed by atoms with Crippen molar-refractivity contribution in [2.75, 3.05) is 6.61 Å². The second kappa shape index (κ2) is 6.46. The van der Waals surface area contributed by atoms with Crippen LogP contribution in [0.2, 0.25) is 0 Å². The number of aromatic nitrogens is 3. The summed E-state index contributed by atoms with van der Waals surface area (Å²) in [6.07, 6.45) is -5.61. The maximum absolute atomic E-state index is 10.1. The Morgan fingerprint density at radius 1 is 1.00 bits per heavy atom. The van der Waals surface area contributed by atoms with Gasteiger partial charge in [0.15, 0.2) is 23.5 Å². The lowest BCUT2D eigenvalue weighted by molar-refractivity contribution is -0.254. The zero-order chi connectivity index (χ0) is 18.3. The van der Waals surface area contributed by atoms with Crippen molar-refractivity contribution in [1.29, 1.82) is 0 Å². The van der Waals surface area contributed by atoms with Crippen LogP contribution in [0.15, 0.2) is 18.3 Å². The number of phenolic OH excluding ortho intramolecular Hbond substituents is 3. The minimum Gasteiger partial charge on any atom is -0.504 e. The molecule has 25 heavy (non-hydrogen) atoms. The van der Waals surface area contributed by atoms with Crippen molar-refractivity contribution in [3.63, 3.8) is 0 Å². The SMILES string of the molecule is OCC1O[C@@H](n2cc(-c3cc(O)c(O)c(O)c3)nn2)C(O)[C@@H](O)[C@@H]1O. The summed E-state index contributed by atoms with van der Waals surface area (Å²) in [5, 5.41) is 74.9. The molecule has 1 saturated heterocycles. The van der Waals surface area contributed by atoms with Crippen molar-refractivity contribution in [2.24, 2.45) is 0 Å². The molecule has 0 radical (unpaired) electrons. The van der Waals surface area contributed by atoms with Crippen LogP contribution >= 0.6 is 0 Å². The summed E-state index contributed by atoms with van der Waals surface area (Å²) in [6.45, 7) is -0.581. The second-order valence-electron chi connectivity index (χ2n) is 5.67. The van der Waals surface area contributed by atoms with Crippen LogP contribution in [0.1, 0.15) is 6.23 Å². The molecule has 0 aliphatic carbocycles. The van der Waals surface area contributed by atoms with Gasteiger partial charge in [-0.2, -0.15) is 0 Å². The highest BCUT2D eigenvalue weighted by Gasteiger charge is 2.44. The summed E-state index contributed by atoms with van der Waals surface area (Å²) in [5.41, 5.74) is 0.395. The van der Waals surface area contributed by atoms with Crippen LogP contribution < -0.4 is 0 Å². The van der Waals surface area contributed by atoms with Gasteiger partial charge in [0.25, 0.3) is 0 Å². The summed E-state index contributed by atoms with van der Waals surface area (Å²) >= 11 is 0. The van der Waals surface area contributed by atoms with E-state index in [4.69, 9.17) is 4.74 Å². The number of benzene rings is 1. The maximum Gasteiger partial charge on any atom is 0.200 e. The maximum atomic E-state index is 10.1. The monoisotopic (exact) mass is 355 g/mol. The van der Waals surface area contributed by atoms with Gasteiger partial charge in [0.1, 0.15) is 30.1 Å². The van der Waals surface area contributed by atoms with Gasteiger partial charge in [-0.25, -0.2) is 4.68 Å². The van der Waals surface area contributed by atoms with Gasteiger partial charge < -0.3 is 40.5 Å². The fourth-order valence-corrected chi connectivity index (χ4v) is 2.59. The lowest BCUT2D eigenvalue weighted by atomic mass is 9.98. The Hall–Kier alpha value is -2.44. The van der Waals surface area contributed by atoms with Crippen LogP contribution in [0.3, 0.4) is 0 Å². The smallest absolute Gasteiger partial charge is 0.200 e. The summed E-state index contributed by atoms with van der Waals surface area (Å²) < 4.78 is 6.41. The first kappa shape index (κ1) is 17.4. The predicted octanol–water partition coefficient (Wildman–Crippen LogP) is -1.97. The van der Waals surface area contributed by atoms with Crippen molar-refractivity contribution in [3.8, 4) is 28.5 Å². The second-order valence-corrected chi connectivity index (χ2v) is 5.67. The number of rotatable bonds is 3. The molecule has 5 atom stereocenters. The van der Waals surface area contributed by atoms with Crippen molar-refractivity contribution >= 4 is 0 Å². The van der Waals surface area contributed by atoms with Gasteiger partial charge in [0.05, 0.1) is 12.8 Å². The first-order valence-corrected chi connectivity index (χ1v) is 7.31. The molecule has 1 aromatic carbocycles. The third-order valence-electron chi connectivity index (χ3n) is 4.00. The quantitative estimate of drug-likeness (QED) is 0.305. The third-order valence-corrected chi connectivity index (χ3v) is 4.00. The van der Waals surface area contributed by atoms with Crippen molar-refractivity contribution in [2.45, 2.75) is 30.6 Å². The molecule has 2 heterocycles. The Morgan fingerprint density at radius 2 is 1.64 bits per heavy atom. The molecule has 1 aromatic heterocycles. The molecule has 2 unspecified atom stereocenters. The number of aliphatic hydroxyl groups excluding tert-OH is 4. The molecular weight excluding hydrogens is 338 g/mol. The Labute approximate surface area is 140 Å². The summed E-state index contributed by atoms with van der Waals surface area (Å²) in [6, 6.07) is 2.30. The van der Waals surface area contributed by atoms with Crippen LogP contribution in [0.25, 0.3) is 11.3 Å². The lowest BCUT2D eigenvalue weighted by Gasteiger charge is -2.39. The topological polar surface area (TPSA) is 182 Å². The van der Waals surface area contributed by atoms with Gasteiger partial charge >= 0.3 is 0 Å². The standard InChI is InChI=1S/C14H17N3O8/c18-4-9-11(22)12(23)13(24)14(25-9)17-3-6(15-16-17)5-1-7(19)10(21)8(20)2-5/h1-3,9,11-14,18-24H,4H2/t9?,11-,12+,13?,14-/m1/s1. The summed E-state index contributed by atoms with van der Waals surface area (Å²) in [4.78, 5) is 0. The van der Waals surface area contributed by atoms with E-state index < -0.39 is 54.5 Å². The average molecular weight is 355 g/mol. The molecule has 0 spiro atoms. The molecule has 1 fully saturated rings. The van der Waals surface area contributed by atoms with Crippen molar-refractivity contribution < 1.29 is 40.5 Å². The number of phenols is 3. The molecule has 0 bridgehead atoms. The van der Waals surface area contributed by atoms with Gasteiger partial charge in [-0.05, 0) is 12.1 Å². The fraction of sp³-hybridized carbons (Fsp3) is 0.429. The zero-order valence-corrected chi connectivity index (χ0v) is 12.7. The highest BCUT2D eigenvalue weighted by molar-refractivity contribution is 5.66. The highest BCUT2D eigenvalue weighted by Crippen LogP contribution is 2.38. The molecule has 3 rings (SSSR count). The molecule has 0 amide bonds. The van der Waals surface area contributed by atoms with E-state index in [1.807, 2.05) is 0 Å². The predicted molar refractivity (Wildman–Crippen MR) is 79.5 cm³/mol. The van der Waals surface area contributed by atoms with E-state index in [0.29, 0.717) is 0 Å². The van der Waals surface area contributed by atoms with Gasteiger partial charge in [-0.1, -0.05) is 5.21 Å². The molecule has 11 heteroatoms. The normalized spacial score (nSPS) is 29.7. The van der Waals surface area contributed by atoms with Crippen LogP contribution in [-0.2, 0) is 4.74 Å². The van der Waals surface area contributed by atoms with Crippen LogP contribution in [0.5, 0.6) is 17.2 Å². The number of hydrogen-bond donors (Lipinski definition) is 7. The van der Waals surface area contributed by atoms with Gasteiger partial charge in [0, 0.05) is 5.56 Å². The van der Waals surface area contributed by atoms with Crippen LogP contribution in [-0.4, -0.2) is 81.8 Å². The summed E-state index contributed by atoms with van der Waals surface area (Å²) in [7, 11) is 0. The van der Waals surface area contributed by atoms with Gasteiger partial charge in [-0.15, -0.1) is 5.10 Å². The van der Waals surface area contributed by atoms with Crippen molar-refractivity contribution in [1.82, 2.24) is 15.0 Å². The van der Waals surface area contributed by atoms with Crippen LogP contribution in [0, 0.1) is 0 Å². The van der Waals surface area contributed by atoms with E-state index in [9.17, 15) is 35.7 Å². The zero-order valence-electron chi connectivity index (χ0n) is 12.7. The number of aliphatic hydroxyl groups is 4. The van der Waals surface area contributed by atoms with Gasteiger partial charge in [0.2, 0.25) is 0 Å². The summed E-state index contributed by atoms with van der Waals surface area (Å²) in [5.74, 6) is -1.79. The number of aromatic hydroxyl groups is 3. The molecular formula is C14H17N3O8. The Morgan fingerprint density at radius 3 is 2.24 bits per heavy atom. The first-order valence-electron chi connectivity index (χ1n) is 7.31. The number of nitrogens with zero attached hydrogens (tertiary/aromatic N) is 3. The molecule has 7 N–H and O–H groups in total. The highest BCUT2D eigenvalue weighted by atomic mass is 16.6. The molecule has 136 valence electrons. The largest absolute Gasteiger partial charge is 0.504 e. The van der Waals surface area contributed by atoms with E-state index in [2.05, 4.69) is 10.3 Å². The van der Waals surface area contributed by atoms with E-state index in [1.54, 1.807) is 0 Å². The average Bonchev–Trinajstić information content (AvgIpc) is 3.07. The first-order chi connectivity index (χ1) is 11.8.